The van der Waals surface area contributed by atoms with E-state index in [0.29, 0.717) is 0 Å². The van der Waals surface area contributed by atoms with E-state index in [1.807, 2.05) is 32.0 Å². The lowest BCUT2D eigenvalue weighted by molar-refractivity contribution is 0.102. The van der Waals surface area contributed by atoms with Crippen LogP contribution in [0.5, 0.6) is 0 Å². The molecule has 0 atom stereocenters. The number of anilines is 1. The molecule has 0 bridgehead atoms. The predicted molar refractivity (Wildman–Crippen MR) is 70.9 cm³/mol. The summed E-state index contributed by atoms with van der Waals surface area (Å²) >= 11 is 5.62. The molecule has 1 aromatic carbocycles. The Bertz CT molecular complexity index is 581. The van der Waals surface area contributed by atoms with Crippen LogP contribution in [0.1, 0.15) is 21.6 Å². The minimum atomic E-state index is -0.298. The van der Waals surface area contributed by atoms with Gasteiger partial charge in [0.05, 0.1) is 12.4 Å². The molecular formula is C13H12ClN3O. The summed E-state index contributed by atoms with van der Waals surface area (Å²) in [5.41, 5.74) is 3.17. The topological polar surface area (TPSA) is 54.9 Å². The average Bonchev–Trinajstić information content (AvgIpc) is 2.36. The largest absolute Gasteiger partial charge is 0.320 e. The average molecular weight is 262 g/mol. The van der Waals surface area contributed by atoms with Crippen LogP contribution >= 0.6 is 11.6 Å². The third-order valence-corrected chi connectivity index (χ3v) is 2.90. The number of halogens is 1. The maximum absolute atomic E-state index is 11.9. The third kappa shape index (κ3) is 2.65. The molecule has 0 aliphatic rings. The number of aromatic nitrogens is 2. The monoisotopic (exact) mass is 261 g/mol. The Labute approximate surface area is 110 Å². The Morgan fingerprint density at radius 3 is 2.67 bits per heavy atom. The summed E-state index contributed by atoms with van der Waals surface area (Å²) in [5, 5.41) is 3.06. The van der Waals surface area contributed by atoms with Gasteiger partial charge in [-0.05, 0) is 31.0 Å². The SMILES string of the molecule is Cc1cccc(NC(=O)c2cnc(Cl)cn2)c1C. The molecule has 0 saturated carbocycles. The number of carbonyl (C=O) groups is 1. The zero-order valence-electron chi connectivity index (χ0n) is 10.1. The van der Waals surface area contributed by atoms with Gasteiger partial charge in [0, 0.05) is 5.69 Å². The van der Waals surface area contributed by atoms with Crippen LogP contribution in [0.2, 0.25) is 5.15 Å². The molecule has 2 aromatic rings. The van der Waals surface area contributed by atoms with Gasteiger partial charge in [-0.3, -0.25) is 4.79 Å². The van der Waals surface area contributed by atoms with Gasteiger partial charge in [-0.2, -0.15) is 0 Å². The van der Waals surface area contributed by atoms with Gasteiger partial charge in [0.2, 0.25) is 0 Å². The number of hydrogen-bond acceptors (Lipinski definition) is 3. The fourth-order valence-electron chi connectivity index (χ4n) is 1.50. The highest BCUT2D eigenvalue weighted by molar-refractivity contribution is 6.29. The number of rotatable bonds is 2. The first-order chi connectivity index (χ1) is 8.58. The van der Waals surface area contributed by atoms with Crippen molar-refractivity contribution < 1.29 is 4.79 Å². The van der Waals surface area contributed by atoms with Crippen molar-refractivity contribution in [3.8, 4) is 0 Å². The van der Waals surface area contributed by atoms with E-state index in [4.69, 9.17) is 11.6 Å². The Hall–Kier alpha value is -1.94. The zero-order chi connectivity index (χ0) is 13.1. The molecule has 0 spiro atoms. The molecule has 1 amide bonds. The van der Waals surface area contributed by atoms with Gasteiger partial charge < -0.3 is 5.32 Å². The Morgan fingerprint density at radius 2 is 2.00 bits per heavy atom. The van der Waals surface area contributed by atoms with Crippen LogP contribution in [0, 0.1) is 13.8 Å². The van der Waals surface area contributed by atoms with Crippen LogP contribution < -0.4 is 5.32 Å². The highest BCUT2D eigenvalue weighted by Crippen LogP contribution is 2.18. The number of benzene rings is 1. The van der Waals surface area contributed by atoms with Crippen LogP contribution in [0.25, 0.3) is 0 Å². The maximum Gasteiger partial charge on any atom is 0.275 e. The lowest BCUT2D eigenvalue weighted by atomic mass is 10.1. The molecule has 0 fully saturated rings. The minimum absolute atomic E-state index is 0.236. The summed E-state index contributed by atoms with van der Waals surface area (Å²) in [6.45, 7) is 3.95. The molecule has 92 valence electrons. The van der Waals surface area contributed by atoms with E-state index in [-0.39, 0.29) is 16.8 Å². The van der Waals surface area contributed by atoms with Gasteiger partial charge in [0.25, 0.3) is 5.91 Å². The van der Waals surface area contributed by atoms with Crippen molar-refractivity contribution in [1.82, 2.24) is 9.97 Å². The Morgan fingerprint density at radius 1 is 1.22 bits per heavy atom. The minimum Gasteiger partial charge on any atom is -0.320 e. The molecule has 1 N–H and O–H groups in total. The van der Waals surface area contributed by atoms with Gasteiger partial charge in [0.15, 0.2) is 0 Å². The molecule has 0 saturated heterocycles. The molecule has 1 heterocycles. The summed E-state index contributed by atoms with van der Waals surface area (Å²) in [6, 6.07) is 5.74. The van der Waals surface area contributed by atoms with Gasteiger partial charge in [0.1, 0.15) is 10.8 Å². The first-order valence-electron chi connectivity index (χ1n) is 5.43. The molecule has 4 nitrogen and oxygen atoms in total. The van der Waals surface area contributed by atoms with Crippen molar-refractivity contribution >= 4 is 23.2 Å². The molecule has 18 heavy (non-hydrogen) atoms. The first-order valence-corrected chi connectivity index (χ1v) is 5.81. The van der Waals surface area contributed by atoms with Crippen molar-refractivity contribution in [1.29, 1.82) is 0 Å². The highest BCUT2D eigenvalue weighted by Gasteiger charge is 2.10. The molecular weight excluding hydrogens is 250 g/mol. The normalized spacial score (nSPS) is 10.2. The Balaban J connectivity index is 2.21. The summed E-state index contributed by atoms with van der Waals surface area (Å²) in [6.07, 6.45) is 2.70. The number of amides is 1. The van der Waals surface area contributed by atoms with Crippen molar-refractivity contribution in [2.24, 2.45) is 0 Å². The van der Waals surface area contributed by atoms with Gasteiger partial charge in [-0.25, -0.2) is 9.97 Å². The van der Waals surface area contributed by atoms with E-state index in [1.54, 1.807) is 0 Å². The maximum atomic E-state index is 11.9. The number of aryl methyl sites for hydroxylation is 1. The molecule has 0 aliphatic carbocycles. The van der Waals surface area contributed by atoms with Crippen molar-refractivity contribution in [3.05, 3.63) is 52.6 Å². The number of hydrogen-bond donors (Lipinski definition) is 1. The lowest BCUT2D eigenvalue weighted by Gasteiger charge is -2.09. The molecule has 0 radical (unpaired) electrons. The number of nitrogens with one attached hydrogen (secondary N) is 1. The second kappa shape index (κ2) is 5.14. The summed E-state index contributed by atoms with van der Waals surface area (Å²) < 4.78 is 0. The number of nitrogens with zero attached hydrogens (tertiary/aromatic N) is 2. The lowest BCUT2D eigenvalue weighted by Crippen LogP contribution is -2.14. The fourth-order valence-corrected chi connectivity index (χ4v) is 1.60. The smallest absolute Gasteiger partial charge is 0.275 e. The summed E-state index contributed by atoms with van der Waals surface area (Å²) in [7, 11) is 0. The molecule has 0 aliphatic heterocycles. The summed E-state index contributed by atoms with van der Waals surface area (Å²) in [4.78, 5) is 19.7. The summed E-state index contributed by atoms with van der Waals surface area (Å²) in [5.74, 6) is -0.298. The molecule has 1 aromatic heterocycles. The van der Waals surface area contributed by atoms with Crippen LogP contribution in [-0.2, 0) is 0 Å². The van der Waals surface area contributed by atoms with E-state index >= 15 is 0 Å². The zero-order valence-corrected chi connectivity index (χ0v) is 10.8. The van der Waals surface area contributed by atoms with E-state index in [0.717, 1.165) is 16.8 Å². The first kappa shape index (κ1) is 12.5. The quantitative estimate of drug-likeness (QED) is 0.904. The van der Waals surface area contributed by atoms with Gasteiger partial charge in [-0.1, -0.05) is 23.7 Å². The van der Waals surface area contributed by atoms with Crippen LogP contribution in [0.15, 0.2) is 30.6 Å². The second-order valence-corrected chi connectivity index (χ2v) is 4.31. The van der Waals surface area contributed by atoms with Crippen molar-refractivity contribution in [3.63, 3.8) is 0 Å². The predicted octanol–water partition coefficient (Wildman–Crippen LogP) is 3.00. The van der Waals surface area contributed by atoms with E-state index < -0.39 is 0 Å². The third-order valence-electron chi connectivity index (χ3n) is 2.71. The fraction of sp³-hybridized carbons (Fsp3) is 0.154. The number of carbonyl (C=O) groups excluding carboxylic acids is 1. The van der Waals surface area contributed by atoms with E-state index in [2.05, 4.69) is 15.3 Å². The molecule has 2 rings (SSSR count). The second-order valence-electron chi connectivity index (χ2n) is 3.93. The highest BCUT2D eigenvalue weighted by atomic mass is 35.5. The van der Waals surface area contributed by atoms with E-state index in [1.165, 1.54) is 12.4 Å². The van der Waals surface area contributed by atoms with Gasteiger partial charge >= 0.3 is 0 Å². The van der Waals surface area contributed by atoms with E-state index in [9.17, 15) is 4.79 Å². The van der Waals surface area contributed by atoms with Crippen molar-refractivity contribution in [2.45, 2.75) is 13.8 Å². The Kier molecular flexibility index (Phi) is 3.58. The van der Waals surface area contributed by atoms with Crippen LogP contribution in [-0.4, -0.2) is 15.9 Å². The van der Waals surface area contributed by atoms with Crippen LogP contribution in [0.4, 0.5) is 5.69 Å². The standard InChI is InChI=1S/C13H12ClN3O/c1-8-4-3-5-10(9(8)2)17-13(18)11-6-16-12(14)7-15-11/h3-7H,1-2H3,(H,17,18). The van der Waals surface area contributed by atoms with Crippen molar-refractivity contribution in [2.75, 3.05) is 5.32 Å². The van der Waals surface area contributed by atoms with Crippen LogP contribution in [0.3, 0.4) is 0 Å². The molecule has 0 unspecified atom stereocenters. The van der Waals surface area contributed by atoms with Gasteiger partial charge in [-0.15, -0.1) is 0 Å². The molecule has 5 heteroatoms.